The van der Waals surface area contributed by atoms with Crippen LogP contribution in [0.1, 0.15) is 61.4 Å². The highest BCUT2D eigenvalue weighted by molar-refractivity contribution is 6.39. The van der Waals surface area contributed by atoms with Gasteiger partial charge in [-0.15, -0.1) is 0 Å². The number of esters is 1. The predicted molar refractivity (Wildman–Crippen MR) is 154 cm³/mol. The first-order valence-corrected chi connectivity index (χ1v) is 14.6. The molecule has 2 aliphatic carbocycles. The summed E-state index contributed by atoms with van der Waals surface area (Å²) in [6, 6.07) is 2.86. The van der Waals surface area contributed by atoms with Crippen LogP contribution in [0.25, 0.3) is 0 Å². The number of rotatable bonds is 12. The largest absolute Gasteiger partial charge is 0.466 e. The summed E-state index contributed by atoms with van der Waals surface area (Å²) < 4.78 is 33.2. The van der Waals surface area contributed by atoms with E-state index in [-0.39, 0.29) is 57.1 Å². The summed E-state index contributed by atoms with van der Waals surface area (Å²) in [5.74, 6) is -3.25. The van der Waals surface area contributed by atoms with E-state index in [1.165, 1.54) is 12.4 Å². The molecule has 1 aromatic heterocycles. The van der Waals surface area contributed by atoms with Gasteiger partial charge in [0, 0.05) is 43.0 Å². The molecular weight excluding hydrogens is 589 g/mol. The zero-order valence-corrected chi connectivity index (χ0v) is 24.6. The van der Waals surface area contributed by atoms with E-state index < -0.39 is 29.9 Å². The lowest BCUT2D eigenvalue weighted by atomic mass is 9.85. The van der Waals surface area contributed by atoms with Crippen molar-refractivity contribution >= 4 is 47.1 Å². The van der Waals surface area contributed by atoms with E-state index in [1.807, 2.05) is 0 Å². The second-order valence-electron chi connectivity index (χ2n) is 10.5. The Morgan fingerprint density at radius 2 is 1.62 bits per heavy atom. The molecule has 0 aliphatic heterocycles. The summed E-state index contributed by atoms with van der Waals surface area (Å²) in [6.07, 6.45) is 7.74. The van der Waals surface area contributed by atoms with E-state index in [0.717, 1.165) is 36.1 Å². The van der Waals surface area contributed by atoms with Gasteiger partial charge in [-0.25, -0.2) is 8.78 Å². The number of nitrogens with zero attached hydrogens (tertiary/aromatic N) is 2. The number of hydrogen-bond donors (Lipinski definition) is 2. The van der Waals surface area contributed by atoms with Crippen molar-refractivity contribution in [3.63, 3.8) is 0 Å². The Balaban J connectivity index is 1.62. The van der Waals surface area contributed by atoms with Crippen molar-refractivity contribution in [1.29, 1.82) is 5.41 Å². The van der Waals surface area contributed by atoms with Crippen LogP contribution < -0.4 is 5.32 Å². The van der Waals surface area contributed by atoms with Gasteiger partial charge in [0.2, 0.25) is 0 Å². The minimum atomic E-state index is -0.828. The first kappa shape index (κ1) is 31.6. The minimum absolute atomic E-state index is 0.00160. The molecule has 0 unspecified atom stereocenters. The average Bonchev–Trinajstić information content (AvgIpc) is 3.78. The summed E-state index contributed by atoms with van der Waals surface area (Å²) in [4.78, 5) is 44.5. The van der Waals surface area contributed by atoms with Crippen molar-refractivity contribution in [1.82, 2.24) is 15.2 Å². The highest BCUT2D eigenvalue weighted by Crippen LogP contribution is 2.38. The van der Waals surface area contributed by atoms with Crippen LogP contribution in [0.3, 0.4) is 0 Å². The topological polar surface area (TPSA) is 112 Å². The highest BCUT2D eigenvalue weighted by atomic mass is 35.5. The van der Waals surface area contributed by atoms with Gasteiger partial charge in [-0.3, -0.25) is 19.4 Å². The van der Waals surface area contributed by atoms with Crippen LogP contribution in [0.2, 0.25) is 10.0 Å². The van der Waals surface area contributed by atoms with E-state index in [9.17, 15) is 23.2 Å². The van der Waals surface area contributed by atoms with E-state index >= 15 is 0 Å². The number of carbonyl (C=O) groups is 3. The maximum atomic E-state index is 14.0. The van der Waals surface area contributed by atoms with Gasteiger partial charge in [-0.1, -0.05) is 23.2 Å². The third kappa shape index (κ3) is 7.92. The Morgan fingerprint density at radius 3 is 2.17 bits per heavy atom. The Kier molecular flexibility index (Phi) is 10.7. The van der Waals surface area contributed by atoms with Crippen LogP contribution in [0.15, 0.2) is 41.9 Å². The number of Topliss-reactive ketones (excluding diaryl/α,β-unsaturated/α-hetero) is 1. The Hall–Kier alpha value is -3.37. The van der Waals surface area contributed by atoms with Crippen LogP contribution in [-0.2, 0) is 20.9 Å². The molecule has 0 radical (unpaired) electrons. The van der Waals surface area contributed by atoms with Crippen LogP contribution >= 0.6 is 23.2 Å². The molecule has 2 aliphatic rings. The molecule has 0 atom stereocenters. The van der Waals surface area contributed by atoms with Crippen LogP contribution in [0.5, 0.6) is 0 Å². The number of aromatic nitrogens is 1. The fourth-order valence-electron chi connectivity index (χ4n) is 5.22. The molecule has 8 nitrogen and oxygen atoms in total. The fraction of sp³-hybridized carbons (Fsp3) is 0.433. The summed E-state index contributed by atoms with van der Waals surface area (Å²) in [7, 11) is 0. The summed E-state index contributed by atoms with van der Waals surface area (Å²) >= 11 is 12.4. The number of hydrogen-bond acceptors (Lipinski definition) is 7. The summed E-state index contributed by atoms with van der Waals surface area (Å²) in [5.41, 5.74) is 0.748. The second-order valence-corrected chi connectivity index (χ2v) is 11.3. The molecule has 0 spiro atoms. The normalized spacial score (nSPS) is 19.0. The van der Waals surface area contributed by atoms with Gasteiger partial charge in [0.15, 0.2) is 5.78 Å². The van der Waals surface area contributed by atoms with Gasteiger partial charge in [-0.05, 0) is 69.1 Å². The van der Waals surface area contributed by atoms with Gasteiger partial charge in [0.05, 0.1) is 40.3 Å². The van der Waals surface area contributed by atoms with Gasteiger partial charge >= 0.3 is 5.97 Å². The molecule has 42 heavy (non-hydrogen) atoms. The lowest BCUT2D eigenvalue weighted by molar-refractivity contribution is -0.149. The molecule has 2 fully saturated rings. The fourth-order valence-corrected chi connectivity index (χ4v) is 5.79. The maximum absolute atomic E-state index is 14.0. The number of halogens is 4. The quantitative estimate of drug-likeness (QED) is 0.132. The predicted octanol–water partition coefficient (Wildman–Crippen LogP) is 5.90. The van der Waals surface area contributed by atoms with E-state index in [1.54, 1.807) is 6.92 Å². The molecule has 2 N–H and O–H groups in total. The standard InChI is InChI=1S/C30H32Cl2F2N4O4/c1-2-42-30(41)19-5-7-22(8-6-19)37-28(18-3-4-18)23(12-35)29(40)38(15-17-9-20(33)11-21(34)10-17)16-26(39)27-24(31)13-36-14-25(27)32/h9-14,18-19,22,35,37H,2-8,15-16H2,1H3/b28-23+,35-12?/t19-,22-. The Bertz CT molecular complexity index is 1350. The molecule has 1 aromatic carbocycles. The van der Waals surface area contributed by atoms with Crippen molar-refractivity contribution in [3.05, 3.63) is 74.7 Å². The molecular formula is C30H32Cl2F2N4O4. The number of pyridine rings is 1. The van der Waals surface area contributed by atoms with Crippen molar-refractivity contribution < 1.29 is 27.9 Å². The van der Waals surface area contributed by atoms with E-state index in [2.05, 4.69) is 10.3 Å². The third-order valence-corrected chi connectivity index (χ3v) is 7.98. The first-order valence-electron chi connectivity index (χ1n) is 13.9. The van der Waals surface area contributed by atoms with Crippen LogP contribution in [0.4, 0.5) is 8.78 Å². The maximum Gasteiger partial charge on any atom is 0.308 e. The van der Waals surface area contributed by atoms with Crippen molar-refractivity contribution in [2.75, 3.05) is 13.2 Å². The molecule has 1 amide bonds. The zero-order chi connectivity index (χ0) is 30.4. The number of carbonyl (C=O) groups excluding carboxylic acids is 3. The lowest BCUT2D eigenvalue weighted by Gasteiger charge is -2.31. The molecule has 1 heterocycles. The minimum Gasteiger partial charge on any atom is -0.466 e. The summed E-state index contributed by atoms with van der Waals surface area (Å²) in [6.45, 7) is 1.28. The molecule has 12 heteroatoms. The smallest absolute Gasteiger partial charge is 0.308 e. The molecule has 0 bridgehead atoms. The van der Waals surface area contributed by atoms with Crippen LogP contribution in [0, 0.1) is 28.9 Å². The number of allylic oxidation sites excluding steroid dienone is 1. The Morgan fingerprint density at radius 1 is 1.02 bits per heavy atom. The number of amides is 1. The van der Waals surface area contributed by atoms with E-state index in [4.69, 9.17) is 33.3 Å². The van der Waals surface area contributed by atoms with Crippen molar-refractivity contribution in [2.24, 2.45) is 11.8 Å². The Labute approximate surface area is 252 Å². The van der Waals surface area contributed by atoms with Crippen LogP contribution in [-0.4, -0.2) is 53.0 Å². The van der Waals surface area contributed by atoms with E-state index in [0.29, 0.717) is 44.1 Å². The molecule has 2 aromatic rings. The second kappa shape index (κ2) is 14.2. The number of nitrogens with one attached hydrogen (secondary N) is 2. The SMILES string of the molecule is CCOC(=O)[C@H]1CC[C@H](N/C(=C(\C=N)C(=O)N(CC(=O)c2c(Cl)cncc2Cl)Cc2cc(F)cc(F)c2)C2CC2)CC1. The van der Waals surface area contributed by atoms with Gasteiger partial charge in [-0.2, -0.15) is 0 Å². The molecule has 0 saturated heterocycles. The molecule has 2 saturated carbocycles. The third-order valence-electron chi connectivity index (χ3n) is 7.41. The van der Waals surface area contributed by atoms with Gasteiger partial charge in [0.25, 0.3) is 5.91 Å². The first-order chi connectivity index (χ1) is 20.1. The molecule has 4 rings (SSSR count). The monoisotopic (exact) mass is 620 g/mol. The van der Waals surface area contributed by atoms with Crippen molar-refractivity contribution in [2.45, 2.75) is 58.0 Å². The average molecular weight is 622 g/mol. The number of ether oxygens (including phenoxy) is 1. The zero-order valence-electron chi connectivity index (χ0n) is 23.1. The highest BCUT2D eigenvalue weighted by Gasteiger charge is 2.35. The number of ketones is 1. The lowest BCUT2D eigenvalue weighted by Crippen LogP contribution is -2.40. The molecule has 224 valence electrons. The van der Waals surface area contributed by atoms with Crippen molar-refractivity contribution in [3.8, 4) is 0 Å². The van der Waals surface area contributed by atoms with Gasteiger partial charge in [0.1, 0.15) is 11.6 Å². The van der Waals surface area contributed by atoms with Gasteiger partial charge < -0.3 is 20.4 Å². The summed E-state index contributed by atoms with van der Waals surface area (Å²) in [5, 5.41) is 11.6. The number of benzene rings is 1.